The molecule has 0 bridgehead atoms. The van der Waals surface area contributed by atoms with E-state index >= 15 is 0 Å². The van der Waals surface area contributed by atoms with Crippen molar-refractivity contribution >= 4 is 0 Å². The van der Waals surface area contributed by atoms with Crippen molar-refractivity contribution in [3.05, 3.63) is 24.0 Å². The molecule has 17 heavy (non-hydrogen) atoms. The van der Waals surface area contributed by atoms with Crippen molar-refractivity contribution in [2.45, 2.75) is 51.9 Å². The molecule has 0 saturated carbocycles. The van der Waals surface area contributed by atoms with Crippen LogP contribution in [0.2, 0.25) is 0 Å². The molecule has 3 nitrogen and oxygen atoms in total. The van der Waals surface area contributed by atoms with E-state index in [2.05, 4.69) is 17.0 Å². The Balaban J connectivity index is 1.85. The van der Waals surface area contributed by atoms with Crippen LogP contribution in [0.25, 0.3) is 0 Å². The van der Waals surface area contributed by atoms with Crippen LogP contribution in [0.1, 0.15) is 44.8 Å². The van der Waals surface area contributed by atoms with Crippen LogP contribution in [0.15, 0.2) is 18.5 Å². The smallest absolute Gasteiger partial charge is 0.0827 e. The molecule has 0 aromatic carbocycles. The first kappa shape index (κ1) is 12.7. The first-order valence-electron chi connectivity index (χ1n) is 6.62. The van der Waals surface area contributed by atoms with Crippen LogP contribution >= 0.6 is 0 Å². The van der Waals surface area contributed by atoms with Crippen LogP contribution in [0.5, 0.6) is 0 Å². The topological polar surface area (TPSA) is 34.4 Å². The summed E-state index contributed by atoms with van der Waals surface area (Å²) in [5.74, 6) is 0.268. The fraction of sp³-hybridized carbons (Fsp3) is 0.714. The summed E-state index contributed by atoms with van der Waals surface area (Å²) in [5, 5.41) is 9.95. The van der Waals surface area contributed by atoms with Gasteiger partial charge in [-0.15, -0.1) is 0 Å². The lowest BCUT2D eigenvalue weighted by molar-refractivity contribution is 0.100. The normalized spacial score (nSPS) is 22.2. The van der Waals surface area contributed by atoms with Gasteiger partial charge in [0.25, 0.3) is 0 Å². The number of aliphatic hydroxyl groups is 1. The fourth-order valence-electron chi connectivity index (χ4n) is 2.32. The van der Waals surface area contributed by atoms with Crippen LogP contribution in [-0.4, -0.2) is 22.4 Å². The minimum atomic E-state index is -0.348. The predicted molar refractivity (Wildman–Crippen MR) is 67.8 cm³/mol. The lowest BCUT2D eigenvalue weighted by atomic mass is 10.0. The molecule has 1 aliphatic rings. The minimum absolute atomic E-state index is 0.268. The van der Waals surface area contributed by atoms with Gasteiger partial charge in [0.15, 0.2) is 0 Å². The van der Waals surface area contributed by atoms with Crippen LogP contribution in [0.3, 0.4) is 0 Å². The summed E-state index contributed by atoms with van der Waals surface area (Å²) in [6.45, 7) is 5.98. The molecule has 0 spiro atoms. The predicted octanol–water partition coefficient (Wildman–Crippen LogP) is 2.75. The monoisotopic (exact) mass is 237 g/mol. The highest BCUT2D eigenvalue weighted by atomic mass is 16.5. The van der Waals surface area contributed by atoms with Crippen molar-refractivity contribution in [2.24, 2.45) is 5.92 Å². The van der Waals surface area contributed by atoms with Gasteiger partial charge in [-0.25, -0.2) is 0 Å². The Morgan fingerprint density at radius 2 is 2.35 bits per heavy atom. The molecule has 1 fully saturated rings. The molecular formula is C14H23NO2. The molecule has 1 aromatic heterocycles. The standard InChI is InChI=1S/C14H23NO2/c1-11(2)14(16)12-5-7-15(10-12)8-6-13-4-3-9-17-13/h5,7,10-11,13-14,16H,3-4,6,8-9H2,1-2H3. The van der Waals surface area contributed by atoms with Gasteiger partial charge in [0.2, 0.25) is 0 Å². The van der Waals surface area contributed by atoms with Crippen molar-refractivity contribution < 1.29 is 9.84 Å². The molecule has 2 rings (SSSR count). The molecule has 2 heterocycles. The Labute approximate surface area is 103 Å². The van der Waals surface area contributed by atoms with Crippen LogP contribution in [0.4, 0.5) is 0 Å². The van der Waals surface area contributed by atoms with E-state index in [1.54, 1.807) is 0 Å². The first-order chi connectivity index (χ1) is 8.16. The summed E-state index contributed by atoms with van der Waals surface area (Å²) in [5.41, 5.74) is 1.02. The maximum atomic E-state index is 9.95. The van der Waals surface area contributed by atoms with Crippen molar-refractivity contribution in [1.82, 2.24) is 4.57 Å². The van der Waals surface area contributed by atoms with E-state index in [4.69, 9.17) is 4.74 Å². The molecule has 2 atom stereocenters. The maximum Gasteiger partial charge on any atom is 0.0827 e. The van der Waals surface area contributed by atoms with Gasteiger partial charge in [-0.2, -0.15) is 0 Å². The maximum absolute atomic E-state index is 9.95. The second-order valence-corrected chi connectivity index (χ2v) is 5.30. The Hall–Kier alpha value is -0.800. The minimum Gasteiger partial charge on any atom is -0.388 e. The average molecular weight is 237 g/mol. The molecule has 1 aliphatic heterocycles. The second kappa shape index (κ2) is 5.69. The largest absolute Gasteiger partial charge is 0.388 e. The SMILES string of the molecule is CC(C)C(O)c1ccn(CCC2CCCO2)c1. The number of aliphatic hydroxyl groups excluding tert-OH is 1. The molecule has 2 unspecified atom stereocenters. The number of ether oxygens (including phenoxy) is 1. The van der Waals surface area contributed by atoms with Gasteiger partial charge in [-0.1, -0.05) is 13.8 Å². The number of nitrogens with zero attached hydrogens (tertiary/aromatic N) is 1. The molecule has 0 radical (unpaired) electrons. The van der Waals surface area contributed by atoms with Crippen molar-refractivity contribution in [3.8, 4) is 0 Å². The summed E-state index contributed by atoms with van der Waals surface area (Å²) in [4.78, 5) is 0. The van der Waals surface area contributed by atoms with Crippen LogP contribution in [-0.2, 0) is 11.3 Å². The van der Waals surface area contributed by atoms with Crippen molar-refractivity contribution in [2.75, 3.05) is 6.61 Å². The molecule has 96 valence electrons. The quantitative estimate of drug-likeness (QED) is 0.854. The zero-order valence-electron chi connectivity index (χ0n) is 10.8. The summed E-state index contributed by atoms with van der Waals surface area (Å²) < 4.78 is 7.76. The zero-order chi connectivity index (χ0) is 12.3. The van der Waals surface area contributed by atoms with Gasteiger partial charge in [0.05, 0.1) is 12.2 Å². The second-order valence-electron chi connectivity index (χ2n) is 5.30. The van der Waals surface area contributed by atoms with Crippen molar-refractivity contribution in [3.63, 3.8) is 0 Å². The summed E-state index contributed by atoms with van der Waals surface area (Å²) >= 11 is 0. The summed E-state index contributed by atoms with van der Waals surface area (Å²) in [7, 11) is 0. The Morgan fingerprint density at radius 1 is 1.53 bits per heavy atom. The van der Waals surface area contributed by atoms with Gasteiger partial charge >= 0.3 is 0 Å². The van der Waals surface area contributed by atoms with E-state index in [-0.39, 0.29) is 12.0 Å². The van der Waals surface area contributed by atoms with E-state index < -0.39 is 0 Å². The number of hydrogen-bond acceptors (Lipinski definition) is 2. The number of hydrogen-bond donors (Lipinski definition) is 1. The van der Waals surface area contributed by atoms with Gasteiger partial charge in [0.1, 0.15) is 0 Å². The Morgan fingerprint density at radius 3 is 3.00 bits per heavy atom. The Bertz CT molecular complexity index is 340. The average Bonchev–Trinajstić information content (AvgIpc) is 2.96. The van der Waals surface area contributed by atoms with Gasteiger partial charge < -0.3 is 14.4 Å². The van der Waals surface area contributed by atoms with E-state index in [9.17, 15) is 5.11 Å². The molecule has 0 amide bonds. The summed E-state index contributed by atoms with van der Waals surface area (Å²) in [6.07, 6.45) is 7.67. The van der Waals surface area contributed by atoms with E-state index in [1.807, 2.05) is 19.9 Å². The van der Waals surface area contributed by atoms with Gasteiger partial charge in [-0.3, -0.25) is 0 Å². The summed E-state index contributed by atoms with van der Waals surface area (Å²) in [6, 6.07) is 2.01. The Kier molecular flexibility index (Phi) is 4.24. The third kappa shape index (κ3) is 3.33. The highest BCUT2D eigenvalue weighted by Gasteiger charge is 2.16. The molecular weight excluding hydrogens is 214 g/mol. The lowest BCUT2D eigenvalue weighted by Gasteiger charge is -2.12. The highest BCUT2D eigenvalue weighted by molar-refractivity contribution is 5.14. The van der Waals surface area contributed by atoms with Crippen molar-refractivity contribution in [1.29, 1.82) is 0 Å². The van der Waals surface area contributed by atoms with E-state index in [0.717, 1.165) is 25.1 Å². The van der Waals surface area contributed by atoms with E-state index in [0.29, 0.717) is 6.10 Å². The number of rotatable bonds is 5. The molecule has 3 heteroatoms. The van der Waals surface area contributed by atoms with Crippen LogP contribution < -0.4 is 0 Å². The molecule has 1 N–H and O–H groups in total. The van der Waals surface area contributed by atoms with Gasteiger partial charge in [-0.05, 0) is 36.8 Å². The van der Waals surface area contributed by atoms with Crippen LogP contribution in [0, 0.1) is 5.92 Å². The third-order valence-electron chi connectivity index (χ3n) is 3.48. The first-order valence-corrected chi connectivity index (χ1v) is 6.62. The highest BCUT2D eigenvalue weighted by Crippen LogP contribution is 2.22. The molecule has 1 saturated heterocycles. The third-order valence-corrected chi connectivity index (χ3v) is 3.48. The lowest BCUT2D eigenvalue weighted by Crippen LogP contribution is -2.09. The molecule has 1 aromatic rings. The van der Waals surface area contributed by atoms with E-state index in [1.165, 1.54) is 12.8 Å². The zero-order valence-corrected chi connectivity index (χ0v) is 10.8. The van der Waals surface area contributed by atoms with Gasteiger partial charge in [0, 0.05) is 25.5 Å². The fourth-order valence-corrected chi connectivity index (χ4v) is 2.32. The number of aromatic nitrogens is 1. The molecule has 0 aliphatic carbocycles. The number of aryl methyl sites for hydroxylation is 1.